The largest absolute Gasteiger partial charge is 0.459 e. The second-order valence-electron chi connectivity index (χ2n) is 8.13. The van der Waals surface area contributed by atoms with E-state index in [0.717, 1.165) is 20.9 Å². The lowest BCUT2D eigenvalue weighted by molar-refractivity contribution is -0.158. The van der Waals surface area contributed by atoms with E-state index in [1.54, 1.807) is 16.2 Å². The van der Waals surface area contributed by atoms with Crippen molar-refractivity contribution in [3.63, 3.8) is 0 Å². The summed E-state index contributed by atoms with van der Waals surface area (Å²) >= 11 is 2.98. The van der Waals surface area contributed by atoms with E-state index in [2.05, 4.69) is 4.98 Å². The van der Waals surface area contributed by atoms with E-state index in [9.17, 15) is 9.59 Å². The van der Waals surface area contributed by atoms with E-state index in [-0.39, 0.29) is 18.5 Å². The van der Waals surface area contributed by atoms with Gasteiger partial charge in [0, 0.05) is 18.7 Å². The van der Waals surface area contributed by atoms with E-state index in [0.29, 0.717) is 30.1 Å². The number of esters is 1. The summed E-state index contributed by atoms with van der Waals surface area (Å²) in [7, 11) is 0. The van der Waals surface area contributed by atoms with E-state index in [1.807, 2.05) is 73.8 Å². The first-order valence-corrected chi connectivity index (χ1v) is 13.0. The summed E-state index contributed by atoms with van der Waals surface area (Å²) in [6.45, 7) is 5.61. The van der Waals surface area contributed by atoms with Gasteiger partial charge in [0.25, 0.3) is 0 Å². The van der Waals surface area contributed by atoms with Crippen molar-refractivity contribution >= 4 is 55.6 Å². The van der Waals surface area contributed by atoms with Gasteiger partial charge < -0.3 is 4.74 Å². The number of aromatic nitrogens is 2. The van der Waals surface area contributed by atoms with Gasteiger partial charge in [-0.3, -0.25) is 14.5 Å². The molecule has 0 saturated carbocycles. The fraction of sp³-hybridized carbons (Fsp3) is 0.308. The van der Waals surface area contributed by atoms with Crippen LogP contribution >= 0.6 is 22.7 Å². The second-order valence-corrected chi connectivity index (χ2v) is 10.1. The number of thiazole rings is 2. The predicted molar refractivity (Wildman–Crippen MR) is 138 cm³/mol. The van der Waals surface area contributed by atoms with Gasteiger partial charge >= 0.3 is 5.97 Å². The van der Waals surface area contributed by atoms with Crippen molar-refractivity contribution in [2.45, 2.75) is 46.6 Å². The third kappa shape index (κ3) is 5.03. The van der Waals surface area contributed by atoms with Crippen LogP contribution in [-0.2, 0) is 27.4 Å². The number of amides is 1. The smallest absolute Gasteiger partial charge is 0.312 e. The third-order valence-corrected chi connectivity index (χ3v) is 7.94. The quantitative estimate of drug-likeness (QED) is 0.248. The molecule has 0 unspecified atom stereocenters. The molecule has 0 atom stereocenters. The highest BCUT2D eigenvalue weighted by molar-refractivity contribution is 7.18. The summed E-state index contributed by atoms with van der Waals surface area (Å²) in [6.07, 6.45) is 1.87. The molecule has 4 aromatic rings. The number of para-hydroxylation sites is 2. The van der Waals surface area contributed by atoms with Gasteiger partial charge in [0.05, 0.1) is 32.0 Å². The molecule has 0 aliphatic carbocycles. The molecule has 0 fully saturated rings. The lowest BCUT2D eigenvalue weighted by Gasteiger charge is -2.28. The second kappa shape index (κ2) is 10.4. The Balaban J connectivity index is 1.47. The molecule has 0 bridgehead atoms. The molecule has 0 N–H and O–H groups in total. The number of carbonyl (C=O) groups is 2. The van der Waals surface area contributed by atoms with Gasteiger partial charge in [-0.1, -0.05) is 44.2 Å². The molecule has 2 aromatic heterocycles. The number of hydrogen-bond acceptors (Lipinski definition) is 7. The van der Waals surface area contributed by atoms with Crippen LogP contribution in [0.3, 0.4) is 0 Å². The first kappa shape index (κ1) is 24.0. The Morgan fingerprint density at radius 2 is 1.71 bits per heavy atom. The maximum absolute atomic E-state index is 13.3. The highest BCUT2D eigenvalue weighted by atomic mass is 32.1. The minimum atomic E-state index is -0.637. The zero-order valence-corrected chi connectivity index (χ0v) is 21.1. The number of carbonyl (C=O) groups excluding carboxylic acids is 2. The minimum Gasteiger partial charge on any atom is -0.459 e. The highest BCUT2D eigenvalue weighted by Crippen LogP contribution is 2.36. The van der Waals surface area contributed by atoms with Gasteiger partial charge in [-0.05, 0) is 37.1 Å². The number of hydrogen-bond donors (Lipinski definition) is 0. The fourth-order valence-corrected chi connectivity index (χ4v) is 5.89. The van der Waals surface area contributed by atoms with Crippen LogP contribution in [0.2, 0.25) is 0 Å². The van der Waals surface area contributed by atoms with E-state index in [1.165, 1.54) is 18.3 Å². The number of fused-ring (bicyclic) bond motifs is 1. The molecule has 0 aliphatic heterocycles. The van der Waals surface area contributed by atoms with E-state index < -0.39 is 5.41 Å². The number of ether oxygens (including phenoxy) is 1. The average molecular weight is 494 g/mol. The monoisotopic (exact) mass is 493 g/mol. The first-order chi connectivity index (χ1) is 16.5. The first-order valence-electron chi connectivity index (χ1n) is 11.3. The molecule has 8 heteroatoms. The molecule has 34 heavy (non-hydrogen) atoms. The minimum absolute atomic E-state index is 0.0669. The lowest BCUT2D eigenvalue weighted by atomic mass is 9.79. The van der Waals surface area contributed by atoms with Gasteiger partial charge in [-0.2, -0.15) is 0 Å². The SMILES string of the molecule is CCC(CC)(Cc1nc2ccccc2s1)C(=O)OCc1csc(N(C(C)=O)c2ccccc2)n1. The number of nitrogens with zero attached hydrogens (tertiary/aromatic N) is 3. The van der Waals surface area contributed by atoms with Crippen molar-refractivity contribution in [2.75, 3.05) is 4.90 Å². The van der Waals surface area contributed by atoms with Crippen molar-refractivity contribution < 1.29 is 14.3 Å². The molecule has 0 aliphatic rings. The Morgan fingerprint density at radius 3 is 2.38 bits per heavy atom. The summed E-state index contributed by atoms with van der Waals surface area (Å²) in [5.41, 5.74) is 1.69. The van der Waals surface area contributed by atoms with Crippen LogP contribution in [0.25, 0.3) is 10.2 Å². The highest BCUT2D eigenvalue weighted by Gasteiger charge is 2.38. The predicted octanol–water partition coefficient (Wildman–Crippen LogP) is 6.53. The maximum Gasteiger partial charge on any atom is 0.312 e. The topological polar surface area (TPSA) is 72.4 Å². The molecule has 2 heterocycles. The van der Waals surface area contributed by atoms with Crippen molar-refractivity contribution in [1.29, 1.82) is 0 Å². The van der Waals surface area contributed by atoms with Crippen LogP contribution in [0, 0.1) is 5.41 Å². The number of benzene rings is 2. The van der Waals surface area contributed by atoms with Crippen molar-refractivity contribution in [3.05, 3.63) is 70.7 Å². The fourth-order valence-electron chi connectivity index (χ4n) is 3.91. The van der Waals surface area contributed by atoms with Gasteiger partial charge in [0.2, 0.25) is 5.91 Å². The van der Waals surface area contributed by atoms with Crippen LogP contribution in [0.1, 0.15) is 44.3 Å². The average Bonchev–Trinajstić information content (AvgIpc) is 3.48. The van der Waals surface area contributed by atoms with Crippen LogP contribution in [0.4, 0.5) is 10.8 Å². The summed E-state index contributed by atoms with van der Waals surface area (Å²) in [5, 5.41) is 3.32. The number of rotatable bonds is 9. The number of anilines is 2. The Labute approximate surface area is 207 Å². The molecular weight excluding hydrogens is 466 g/mol. The maximum atomic E-state index is 13.3. The molecule has 6 nitrogen and oxygen atoms in total. The van der Waals surface area contributed by atoms with Gasteiger partial charge in [-0.15, -0.1) is 22.7 Å². The molecule has 0 saturated heterocycles. The molecule has 0 radical (unpaired) electrons. The zero-order chi connectivity index (χ0) is 24.1. The molecule has 2 aromatic carbocycles. The van der Waals surface area contributed by atoms with Crippen molar-refractivity contribution in [2.24, 2.45) is 5.41 Å². The van der Waals surface area contributed by atoms with Crippen molar-refractivity contribution in [1.82, 2.24) is 9.97 Å². The van der Waals surface area contributed by atoms with Gasteiger partial charge in [-0.25, -0.2) is 9.97 Å². The van der Waals surface area contributed by atoms with Crippen LogP contribution in [0.5, 0.6) is 0 Å². The Kier molecular flexibility index (Phi) is 7.38. The van der Waals surface area contributed by atoms with Gasteiger partial charge in [0.15, 0.2) is 5.13 Å². The molecular formula is C26H27N3O3S2. The Hall–Kier alpha value is -3.10. The van der Waals surface area contributed by atoms with Crippen LogP contribution in [0.15, 0.2) is 60.0 Å². The summed E-state index contributed by atoms with van der Waals surface area (Å²) in [5.74, 6) is -0.367. The summed E-state index contributed by atoms with van der Waals surface area (Å²) < 4.78 is 6.88. The Bertz CT molecular complexity index is 1250. The van der Waals surface area contributed by atoms with Crippen LogP contribution < -0.4 is 4.90 Å². The lowest BCUT2D eigenvalue weighted by Crippen LogP contribution is -2.34. The van der Waals surface area contributed by atoms with E-state index >= 15 is 0 Å². The molecule has 0 spiro atoms. The molecule has 1 amide bonds. The Morgan fingerprint density at radius 1 is 1.00 bits per heavy atom. The molecule has 4 rings (SSSR count). The van der Waals surface area contributed by atoms with Gasteiger partial charge in [0.1, 0.15) is 6.61 Å². The standard InChI is InChI=1S/C26H27N3O3S2/c1-4-26(5-2,15-23-28-21-13-9-10-14-22(21)34-23)24(31)32-16-19-17-33-25(27-19)29(18(3)30)20-11-7-6-8-12-20/h6-14,17H,4-5,15-16H2,1-3H3. The summed E-state index contributed by atoms with van der Waals surface area (Å²) in [4.78, 5) is 36.4. The van der Waals surface area contributed by atoms with Crippen molar-refractivity contribution in [3.8, 4) is 0 Å². The zero-order valence-electron chi connectivity index (χ0n) is 19.5. The van der Waals surface area contributed by atoms with Crippen LogP contribution in [-0.4, -0.2) is 21.8 Å². The van der Waals surface area contributed by atoms with E-state index in [4.69, 9.17) is 9.72 Å². The normalized spacial score (nSPS) is 11.5. The molecule has 176 valence electrons. The third-order valence-electron chi connectivity index (χ3n) is 6.03. The summed E-state index contributed by atoms with van der Waals surface area (Å²) in [6, 6.07) is 17.4.